The van der Waals surface area contributed by atoms with Crippen LogP contribution in [0.4, 0.5) is 5.69 Å². The number of nitrogens with one attached hydrogen (secondary N) is 1. The second-order valence-electron chi connectivity index (χ2n) is 3.97. The number of aromatic nitrogens is 1. The van der Waals surface area contributed by atoms with Crippen molar-refractivity contribution in [1.82, 2.24) is 4.98 Å². The van der Waals surface area contributed by atoms with E-state index in [-0.39, 0.29) is 5.91 Å². The van der Waals surface area contributed by atoms with Gasteiger partial charge in [-0.25, -0.2) is 4.98 Å². The van der Waals surface area contributed by atoms with Crippen molar-refractivity contribution in [3.8, 4) is 0 Å². The number of carbonyl (C=O) groups excluding carboxylic acids is 1. The van der Waals surface area contributed by atoms with Crippen LogP contribution in [-0.4, -0.2) is 10.9 Å². The zero-order chi connectivity index (χ0) is 13.2. The number of benzene rings is 2. The molecule has 3 nitrogen and oxygen atoms in total. The van der Waals surface area contributed by atoms with E-state index in [1.54, 1.807) is 23.7 Å². The van der Waals surface area contributed by atoms with Crippen LogP contribution in [0.2, 0.25) is 5.02 Å². The van der Waals surface area contributed by atoms with Gasteiger partial charge in [0.25, 0.3) is 5.91 Å². The molecule has 2 aromatic carbocycles. The number of para-hydroxylation sites is 1. The molecule has 0 bridgehead atoms. The smallest absolute Gasteiger partial charge is 0.255 e. The summed E-state index contributed by atoms with van der Waals surface area (Å²) in [5, 5.41) is 3.32. The standard InChI is InChI=1S/C14H9ClN2OS/c15-10-3-1-2-4-11(10)17-14(18)9-5-6-12-13(7-9)19-8-16-12/h1-8H,(H,17,18). The van der Waals surface area contributed by atoms with E-state index in [1.165, 1.54) is 11.3 Å². The summed E-state index contributed by atoms with van der Waals surface area (Å²) in [4.78, 5) is 16.3. The minimum atomic E-state index is -0.177. The highest BCUT2D eigenvalue weighted by atomic mass is 35.5. The van der Waals surface area contributed by atoms with Crippen LogP contribution in [0, 0.1) is 0 Å². The summed E-state index contributed by atoms with van der Waals surface area (Å²) in [6.45, 7) is 0. The summed E-state index contributed by atoms with van der Waals surface area (Å²) in [6, 6.07) is 12.6. The quantitative estimate of drug-likeness (QED) is 0.768. The summed E-state index contributed by atoms with van der Waals surface area (Å²) in [5.41, 5.74) is 3.87. The van der Waals surface area contributed by atoms with E-state index < -0.39 is 0 Å². The van der Waals surface area contributed by atoms with Crippen molar-refractivity contribution in [2.75, 3.05) is 5.32 Å². The number of amides is 1. The number of anilines is 1. The van der Waals surface area contributed by atoms with Gasteiger partial charge in [-0.05, 0) is 30.3 Å². The molecule has 1 N–H and O–H groups in total. The Bertz CT molecular complexity index is 754. The van der Waals surface area contributed by atoms with Crippen LogP contribution in [0.25, 0.3) is 10.2 Å². The Morgan fingerprint density at radius 3 is 2.89 bits per heavy atom. The molecule has 0 spiro atoms. The van der Waals surface area contributed by atoms with Gasteiger partial charge >= 0.3 is 0 Å². The van der Waals surface area contributed by atoms with Crippen molar-refractivity contribution in [2.24, 2.45) is 0 Å². The Morgan fingerprint density at radius 2 is 2.05 bits per heavy atom. The number of thiazole rings is 1. The van der Waals surface area contributed by atoms with E-state index >= 15 is 0 Å². The molecule has 3 aromatic rings. The van der Waals surface area contributed by atoms with Crippen molar-refractivity contribution in [2.45, 2.75) is 0 Å². The van der Waals surface area contributed by atoms with Gasteiger partial charge in [-0.15, -0.1) is 11.3 Å². The third-order valence-electron chi connectivity index (χ3n) is 2.72. The highest BCUT2D eigenvalue weighted by Crippen LogP contribution is 2.23. The Labute approximate surface area is 118 Å². The molecule has 0 saturated carbocycles. The summed E-state index contributed by atoms with van der Waals surface area (Å²) in [7, 11) is 0. The van der Waals surface area contributed by atoms with Gasteiger partial charge in [-0.2, -0.15) is 0 Å². The van der Waals surface area contributed by atoms with Gasteiger partial charge in [0.15, 0.2) is 0 Å². The van der Waals surface area contributed by atoms with Crippen LogP contribution < -0.4 is 5.32 Å². The van der Waals surface area contributed by atoms with Crippen LogP contribution in [0.15, 0.2) is 48.0 Å². The predicted octanol–water partition coefficient (Wildman–Crippen LogP) is 4.20. The van der Waals surface area contributed by atoms with Crippen LogP contribution >= 0.6 is 22.9 Å². The van der Waals surface area contributed by atoms with E-state index in [0.717, 1.165) is 10.2 Å². The third kappa shape index (κ3) is 2.45. The number of hydrogen-bond donors (Lipinski definition) is 1. The second-order valence-corrected chi connectivity index (χ2v) is 5.26. The van der Waals surface area contributed by atoms with Gasteiger partial charge < -0.3 is 5.32 Å². The molecule has 1 aromatic heterocycles. The SMILES string of the molecule is O=C(Nc1ccccc1Cl)c1ccc2ncsc2c1. The van der Waals surface area contributed by atoms with E-state index in [1.807, 2.05) is 24.3 Å². The normalized spacial score (nSPS) is 10.6. The van der Waals surface area contributed by atoms with Gasteiger partial charge in [-0.3, -0.25) is 4.79 Å². The minimum Gasteiger partial charge on any atom is -0.321 e. The third-order valence-corrected chi connectivity index (χ3v) is 3.84. The lowest BCUT2D eigenvalue weighted by atomic mass is 10.2. The average Bonchev–Trinajstić information content (AvgIpc) is 2.88. The summed E-state index contributed by atoms with van der Waals surface area (Å²) < 4.78 is 0.992. The molecule has 3 rings (SSSR count). The van der Waals surface area contributed by atoms with Crippen LogP contribution in [0.3, 0.4) is 0 Å². The molecule has 0 aliphatic rings. The van der Waals surface area contributed by atoms with E-state index in [0.29, 0.717) is 16.3 Å². The molecule has 94 valence electrons. The van der Waals surface area contributed by atoms with E-state index in [2.05, 4.69) is 10.3 Å². The second kappa shape index (κ2) is 4.99. The van der Waals surface area contributed by atoms with Gasteiger partial charge in [0.05, 0.1) is 26.4 Å². The molecule has 0 saturated heterocycles. The first kappa shape index (κ1) is 12.1. The average molecular weight is 289 g/mol. The number of nitrogens with zero attached hydrogens (tertiary/aromatic N) is 1. The zero-order valence-electron chi connectivity index (χ0n) is 9.76. The van der Waals surface area contributed by atoms with Crippen LogP contribution in [-0.2, 0) is 0 Å². The number of rotatable bonds is 2. The highest BCUT2D eigenvalue weighted by Gasteiger charge is 2.09. The largest absolute Gasteiger partial charge is 0.321 e. The monoisotopic (exact) mass is 288 g/mol. The van der Waals surface area contributed by atoms with E-state index in [9.17, 15) is 4.79 Å². The summed E-state index contributed by atoms with van der Waals surface area (Å²) in [5.74, 6) is -0.177. The first-order chi connectivity index (χ1) is 9.24. The van der Waals surface area contributed by atoms with Gasteiger partial charge in [-0.1, -0.05) is 23.7 Å². The number of fused-ring (bicyclic) bond motifs is 1. The summed E-state index contributed by atoms with van der Waals surface area (Å²) >= 11 is 7.52. The lowest BCUT2D eigenvalue weighted by molar-refractivity contribution is 0.102. The maximum atomic E-state index is 12.1. The molecule has 0 unspecified atom stereocenters. The molecular formula is C14H9ClN2OS. The van der Waals surface area contributed by atoms with Crippen molar-refractivity contribution in [1.29, 1.82) is 0 Å². The number of halogens is 1. The number of hydrogen-bond acceptors (Lipinski definition) is 3. The van der Waals surface area contributed by atoms with Crippen molar-refractivity contribution < 1.29 is 4.79 Å². The van der Waals surface area contributed by atoms with Gasteiger partial charge in [0.1, 0.15) is 0 Å². The highest BCUT2D eigenvalue weighted by molar-refractivity contribution is 7.16. The minimum absolute atomic E-state index is 0.177. The lowest BCUT2D eigenvalue weighted by Crippen LogP contribution is -2.11. The Balaban J connectivity index is 1.89. The van der Waals surface area contributed by atoms with E-state index in [4.69, 9.17) is 11.6 Å². The van der Waals surface area contributed by atoms with Crippen LogP contribution in [0.1, 0.15) is 10.4 Å². The lowest BCUT2D eigenvalue weighted by Gasteiger charge is -2.06. The Morgan fingerprint density at radius 1 is 1.21 bits per heavy atom. The van der Waals surface area contributed by atoms with Crippen LogP contribution in [0.5, 0.6) is 0 Å². The maximum Gasteiger partial charge on any atom is 0.255 e. The molecule has 5 heteroatoms. The molecular weight excluding hydrogens is 280 g/mol. The zero-order valence-corrected chi connectivity index (χ0v) is 11.3. The van der Waals surface area contributed by atoms with Gasteiger partial charge in [0, 0.05) is 5.56 Å². The topological polar surface area (TPSA) is 42.0 Å². The van der Waals surface area contributed by atoms with Crippen molar-refractivity contribution in [3.05, 3.63) is 58.6 Å². The first-order valence-corrected chi connectivity index (χ1v) is 6.89. The first-order valence-electron chi connectivity index (χ1n) is 5.63. The van der Waals surface area contributed by atoms with Crippen molar-refractivity contribution >= 4 is 44.7 Å². The fourth-order valence-corrected chi connectivity index (χ4v) is 2.65. The molecule has 1 amide bonds. The Hall–Kier alpha value is -1.91. The van der Waals surface area contributed by atoms with Crippen molar-refractivity contribution in [3.63, 3.8) is 0 Å². The molecule has 0 radical (unpaired) electrons. The fourth-order valence-electron chi connectivity index (χ4n) is 1.75. The van der Waals surface area contributed by atoms with Gasteiger partial charge in [0.2, 0.25) is 0 Å². The molecule has 19 heavy (non-hydrogen) atoms. The molecule has 0 aliphatic heterocycles. The molecule has 1 heterocycles. The molecule has 0 aliphatic carbocycles. The fraction of sp³-hybridized carbons (Fsp3) is 0. The summed E-state index contributed by atoms with van der Waals surface area (Å²) in [6.07, 6.45) is 0. The molecule has 0 fully saturated rings. The molecule has 0 atom stereocenters. The Kier molecular flexibility index (Phi) is 3.19. The number of carbonyl (C=O) groups is 1. The maximum absolute atomic E-state index is 12.1. The predicted molar refractivity (Wildman–Crippen MR) is 79.0 cm³/mol.